The summed E-state index contributed by atoms with van der Waals surface area (Å²) in [7, 11) is -3.55. The molecule has 2 aliphatic rings. The van der Waals surface area contributed by atoms with Crippen LogP contribution in [0.1, 0.15) is 12.5 Å². The quantitative estimate of drug-likeness (QED) is 0.638. The van der Waals surface area contributed by atoms with Crippen LogP contribution in [0.4, 0.5) is 5.69 Å². The first kappa shape index (κ1) is 21.3. The van der Waals surface area contributed by atoms with Gasteiger partial charge in [0, 0.05) is 29.3 Å². The first-order chi connectivity index (χ1) is 14.4. The molecule has 0 aromatic heterocycles. The first-order valence-corrected chi connectivity index (χ1v) is 12.0. The second kappa shape index (κ2) is 8.66. The standard InChI is InChI=1S/C21H23BrN2O5S/c1-15-12-16-13-17(22)2-7-20(16)24(15)21(25)14-29-18-3-5-19(6-4-18)30(26,27)23-8-10-28-11-9-23/h2-7,13,15H,8-12,14H2,1H3. The summed E-state index contributed by atoms with van der Waals surface area (Å²) in [6.07, 6.45) is 0.800. The number of fused-ring (bicyclic) bond motifs is 1. The predicted molar refractivity (Wildman–Crippen MR) is 116 cm³/mol. The normalized spacial score (nSPS) is 19.5. The van der Waals surface area contributed by atoms with E-state index in [0.717, 1.165) is 22.1 Å². The van der Waals surface area contributed by atoms with Crippen LogP contribution >= 0.6 is 15.9 Å². The van der Waals surface area contributed by atoms with Gasteiger partial charge in [0.05, 0.1) is 18.1 Å². The number of rotatable bonds is 5. The molecule has 2 aromatic carbocycles. The fourth-order valence-electron chi connectivity index (χ4n) is 3.84. The minimum absolute atomic E-state index is 0.0615. The molecule has 7 nitrogen and oxygen atoms in total. The van der Waals surface area contributed by atoms with Crippen LogP contribution in [0, 0.1) is 0 Å². The lowest BCUT2D eigenvalue weighted by atomic mass is 10.1. The molecule has 0 saturated carbocycles. The van der Waals surface area contributed by atoms with Gasteiger partial charge < -0.3 is 14.4 Å². The minimum atomic E-state index is -3.55. The number of carbonyl (C=O) groups excluding carboxylic acids is 1. The van der Waals surface area contributed by atoms with Crippen LogP contribution in [0.15, 0.2) is 51.8 Å². The molecule has 1 saturated heterocycles. The average Bonchev–Trinajstić information content (AvgIpc) is 3.07. The molecule has 0 bridgehead atoms. The van der Waals surface area contributed by atoms with Crippen molar-refractivity contribution < 1.29 is 22.7 Å². The summed E-state index contributed by atoms with van der Waals surface area (Å²) in [6.45, 7) is 3.39. The van der Waals surface area contributed by atoms with Gasteiger partial charge in [-0.2, -0.15) is 4.31 Å². The Kier molecular flexibility index (Phi) is 6.15. The number of nitrogens with zero attached hydrogens (tertiary/aromatic N) is 2. The molecule has 0 radical (unpaired) electrons. The number of ether oxygens (including phenoxy) is 2. The molecule has 30 heavy (non-hydrogen) atoms. The summed E-state index contributed by atoms with van der Waals surface area (Å²) in [6, 6.07) is 12.1. The Morgan fingerprint density at radius 1 is 1.17 bits per heavy atom. The van der Waals surface area contributed by atoms with Crippen LogP contribution in [0.3, 0.4) is 0 Å². The third-order valence-electron chi connectivity index (χ3n) is 5.32. The third-order valence-corrected chi connectivity index (χ3v) is 7.73. The van der Waals surface area contributed by atoms with Gasteiger partial charge in [0.1, 0.15) is 5.75 Å². The predicted octanol–water partition coefficient (Wildman–Crippen LogP) is 2.83. The molecule has 0 N–H and O–H groups in total. The zero-order valence-electron chi connectivity index (χ0n) is 16.6. The van der Waals surface area contributed by atoms with Gasteiger partial charge in [-0.3, -0.25) is 4.79 Å². The fraction of sp³-hybridized carbons (Fsp3) is 0.381. The first-order valence-electron chi connectivity index (χ1n) is 9.77. The second-order valence-electron chi connectivity index (χ2n) is 7.37. The Morgan fingerprint density at radius 2 is 1.87 bits per heavy atom. The molecule has 4 rings (SSSR count). The number of morpholine rings is 1. The van der Waals surface area contributed by atoms with E-state index >= 15 is 0 Å². The number of amides is 1. The fourth-order valence-corrected chi connectivity index (χ4v) is 5.65. The van der Waals surface area contributed by atoms with E-state index in [2.05, 4.69) is 15.9 Å². The topological polar surface area (TPSA) is 76.2 Å². The van der Waals surface area contributed by atoms with Gasteiger partial charge in [0.15, 0.2) is 6.61 Å². The van der Waals surface area contributed by atoms with Crippen molar-refractivity contribution in [1.82, 2.24) is 4.31 Å². The lowest BCUT2D eigenvalue weighted by molar-refractivity contribution is -0.120. The smallest absolute Gasteiger partial charge is 0.265 e. The van der Waals surface area contributed by atoms with Crippen molar-refractivity contribution in [3.05, 3.63) is 52.5 Å². The maximum Gasteiger partial charge on any atom is 0.265 e. The van der Waals surface area contributed by atoms with E-state index in [0.29, 0.717) is 32.1 Å². The van der Waals surface area contributed by atoms with Crippen molar-refractivity contribution in [2.75, 3.05) is 37.8 Å². The Hall–Kier alpha value is -1.94. The molecule has 1 fully saturated rings. The van der Waals surface area contributed by atoms with E-state index in [4.69, 9.17) is 9.47 Å². The average molecular weight is 495 g/mol. The van der Waals surface area contributed by atoms with Crippen molar-refractivity contribution in [2.24, 2.45) is 0 Å². The summed E-state index contributed by atoms with van der Waals surface area (Å²) in [4.78, 5) is 14.8. The summed E-state index contributed by atoms with van der Waals surface area (Å²) < 4.78 is 38.6. The van der Waals surface area contributed by atoms with Gasteiger partial charge >= 0.3 is 0 Å². The molecule has 2 aliphatic heterocycles. The monoisotopic (exact) mass is 494 g/mol. The summed E-state index contributed by atoms with van der Waals surface area (Å²) in [5.74, 6) is 0.320. The molecular weight excluding hydrogens is 472 g/mol. The van der Waals surface area contributed by atoms with Gasteiger partial charge in [0.25, 0.3) is 5.91 Å². The highest BCUT2D eigenvalue weighted by atomic mass is 79.9. The number of benzene rings is 2. The van der Waals surface area contributed by atoms with Crippen LogP contribution in [0.25, 0.3) is 0 Å². The maximum absolute atomic E-state index is 12.8. The molecule has 160 valence electrons. The van der Waals surface area contributed by atoms with Crippen LogP contribution in [-0.2, 0) is 26.0 Å². The van der Waals surface area contributed by atoms with Gasteiger partial charge in [0.2, 0.25) is 10.0 Å². The van der Waals surface area contributed by atoms with E-state index in [1.165, 1.54) is 16.4 Å². The van der Waals surface area contributed by atoms with Crippen LogP contribution in [0.2, 0.25) is 0 Å². The number of sulfonamides is 1. The lowest BCUT2D eigenvalue weighted by Gasteiger charge is -2.26. The van der Waals surface area contributed by atoms with E-state index in [1.807, 2.05) is 25.1 Å². The zero-order chi connectivity index (χ0) is 21.3. The number of halogens is 1. The van der Waals surface area contributed by atoms with E-state index in [1.54, 1.807) is 17.0 Å². The molecule has 9 heteroatoms. The molecule has 0 aliphatic carbocycles. The maximum atomic E-state index is 12.8. The van der Waals surface area contributed by atoms with Crippen molar-refractivity contribution >= 4 is 37.5 Å². The minimum Gasteiger partial charge on any atom is -0.484 e. The largest absolute Gasteiger partial charge is 0.484 e. The number of anilines is 1. The van der Waals surface area contributed by atoms with Crippen molar-refractivity contribution in [3.8, 4) is 5.75 Å². The Morgan fingerprint density at radius 3 is 2.57 bits per heavy atom. The summed E-state index contributed by atoms with van der Waals surface area (Å²) >= 11 is 3.47. The van der Waals surface area contributed by atoms with Gasteiger partial charge in [-0.15, -0.1) is 0 Å². The highest BCUT2D eigenvalue weighted by Gasteiger charge is 2.31. The molecule has 2 heterocycles. The lowest BCUT2D eigenvalue weighted by Crippen LogP contribution is -2.40. The van der Waals surface area contributed by atoms with Crippen LogP contribution in [0.5, 0.6) is 5.75 Å². The van der Waals surface area contributed by atoms with Crippen LogP contribution < -0.4 is 9.64 Å². The molecule has 1 atom stereocenters. The number of carbonyl (C=O) groups is 1. The van der Waals surface area contributed by atoms with Gasteiger partial charge in [-0.25, -0.2) is 8.42 Å². The van der Waals surface area contributed by atoms with Crippen molar-refractivity contribution in [3.63, 3.8) is 0 Å². The highest BCUT2D eigenvalue weighted by molar-refractivity contribution is 9.10. The van der Waals surface area contributed by atoms with Crippen molar-refractivity contribution in [2.45, 2.75) is 24.3 Å². The SMILES string of the molecule is CC1Cc2cc(Br)ccc2N1C(=O)COc1ccc(S(=O)(=O)N2CCOCC2)cc1. The molecule has 1 amide bonds. The molecule has 2 aromatic rings. The van der Waals surface area contributed by atoms with Gasteiger partial charge in [-0.1, -0.05) is 15.9 Å². The molecule has 1 unspecified atom stereocenters. The summed E-state index contributed by atoms with van der Waals surface area (Å²) in [5.41, 5.74) is 2.04. The number of hydrogen-bond donors (Lipinski definition) is 0. The number of hydrogen-bond acceptors (Lipinski definition) is 5. The van der Waals surface area contributed by atoms with Crippen molar-refractivity contribution in [1.29, 1.82) is 0 Å². The summed E-state index contributed by atoms with van der Waals surface area (Å²) in [5, 5.41) is 0. The third kappa shape index (κ3) is 4.25. The van der Waals surface area contributed by atoms with E-state index in [-0.39, 0.29) is 23.5 Å². The second-order valence-corrected chi connectivity index (χ2v) is 10.2. The zero-order valence-corrected chi connectivity index (χ0v) is 19.0. The Labute approximate surface area is 184 Å². The highest BCUT2D eigenvalue weighted by Crippen LogP contribution is 2.34. The van der Waals surface area contributed by atoms with Gasteiger partial charge in [-0.05, 0) is 61.4 Å². The van der Waals surface area contributed by atoms with E-state index in [9.17, 15) is 13.2 Å². The molecular formula is C21H23BrN2O5S. The molecule has 0 spiro atoms. The Balaban J connectivity index is 1.40. The van der Waals surface area contributed by atoms with E-state index < -0.39 is 10.0 Å². The van der Waals surface area contributed by atoms with Crippen LogP contribution in [-0.4, -0.2) is 57.6 Å². The Bertz CT molecular complexity index is 1040.